The first kappa shape index (κ1) is 19.4. The van der Waals surface area contributed by atoms with Crippen LogP contribution >= 0.6 is 12.4 Å². The topological polar surface area (TPSA) is 101 Å². The average Bonchev–Trinajstić information content (AvgIpc) is 2.63. The quantitative estimate of drug-likeness (QED) is 0.601. The molecule has 1 aromatic heterocycles. The third-order valence-corrected chi connectivity index (χ3v) is 3.70. The number of fused-ring (bicyclic) bond motifs is 1. The smallest absolute Gasteiger partial charge is 0.272 e. The molecule has 0 aliphatic rings. The molecular formula is C19H19ClN4O2. The molecule has 3 rings (SSSR count). The van der Waals surface area contributed by atoms with Gasteiger partial charge in [0.15, 0.2) is 0 Å². The van der Waals surface area contributed by atoms with E-state index in [1.807, 2.05) is 36.4 Å². The Labute approximate surface area is 156 Å². The predicted octanol–water partition coefficient (Wildman–Crippen LogP) is 2.86. The van der Waals surface area contributed by atoms with E-state index in [4.69, 9.17) is 5.73 Å². The number of hydrogen-bond acceptors (Lipinski definition) is 4. The van der Waals surface area contributed by atoms with Crippen molar-refractivity contribution in [2.24, 2.45) is 5.73 Å². The van der Waals surface area contributed by atoms with Gasteiger partial charge in [-0.05, 0) is 37.2 Å². The lowest BCUT2D eigenvalue weighted by Gasteiger charge is -2.08. The van der Waals surface area contributed by atoms with Crippen molar-refractivity contribution in [3.05, 3.63) is 71.0 Å². The highest BCUT2D eigenvalue weighted by Gasteiger charge is 2.09. The molecular weight excluding hydrogens is 352 g/mol. The lowest BCUT2D eigenvalue weighted by atomic mass is 10.0. The maximum Gasteiger partial charge on any atom is 0.272 e. The summed E-state index contributed by atoms with van der Waals surface area (Å²) < 4.78 is 0. The van der Waals surface area contributed by atoms with Crippen molar-refractivity contribution in [3.63, 3.8) is 0 Å². The van der Waals surface area contributed by atoms with Crippen LogP contribution in [0.25, 0.3) is 22.0 Å². The number of anilines is 1. The van der Waals surface area contributed by atoms with Gasteiger partial charge in [-0.2, -0.15) is 5.10 Å². The summed E-state index contributed by atoms with van der Waals surface area (Å²) in [5, 5.41) is 10.8. The van der Waals surface area contributed by atoms with Gasteiger partial charge in [0.2, 0.25) is 5.91 Å². The SMILES string of the molecule is Cl.NCC/C=C/C(=O)Nc1cccc(-c2n[nH]c(=O)c3ccccc23)c1. The van der Waals surface area contributed by atoms with Crippen molar-refractivity contribution in [3.8, 4) is 11.3 Å². The summed E-state index contributed by atoms with van der Waals surface area (Å²) in [6, 6.07) is 14.6. The van der Waals surface area contributed by atoms with E-state index in [-0.39, 0.29) is 23.9 Å². The maximum atomic E-state index is 11.9. The fourth-order valence-corrected chi connectivity index (χ4v) is 2.55. The Balaban J connectivity index is 0.00000243. The zero-order valence-corrected chi connectivity index (χ0v) is 14.8. The summed E-state index contributed by atoms with van der Waals surface area (Å²) in [4.78, 5) is 23.8. The zero-order chi connectivity index (χ0) is 17.6. The van der Waals surface area contributed by atoms with Crippen molar-refractivity contribution >= 4 is 34.8 Å². The van der Waals surface area contributed by atoms with Crippen LogP contribution in [0.15, 0.2) is 65.5 Å². The molecule has 0 radical (unpaired) electrons. The van der Waals surface area contributed by atoms with Crippen LogP contribution in [0.1, 0.15) is 6.42 Å². The van der Waals surface area contributed by atoms with E-state index < -0.39 is 0 Å². The second kappa shape index (κ2) is 8.94. The molecule has 0 spiro atoms. The van der Waals surface area contributed by atoms with Crippen molar-refractivity contribution in [2.45, 2.75) is 6.42 Å². The van der Waals surface area contributed by atoms with Crippen LogP contribution in [-0.4, -0.2) is 22.6 Å². The summed E-state index contributed by atoms with van der Waals surface area (Å²) in [5.74, 6) is -0.218. The lowest BCUT2D eigenvalue weighted by Crippen LogP contribution is -2.10. The normalized spacial score (nSPS) is 10.7. The second-order valence-electron chi connectivity index (χ2n) is 5.50. The van der Waals surface area contributed by atoms with Gasteiger partial charge in [0, 0.05) is 16.6 Å². The van der Waals surface area contributed by atoms with Crippen molar-refractivity contribution < 1.29 is 4.79 Å². The van der Waals surface area contributed by atoms with Gasteiger partial charge in [0.25, 0.3) is 5.56 Å². The molecule has 3 aromatic rings. The van der Waals surface area contributed by atoms with Crippen LogP contribution in [0.3, 0.4) is 0 Å². The molecule has 0 unspecified atom stereocenters. The number of nitrogens with two attached hydrogens (primary N) is 1. The number of nitrogens with one attached hydrogen (secondary N) is 2. The molecule has 0 saturated carbocycles. The van der Waals surface area contributed by atoms with Gasteiger partial charge < -0.3 is 11.1 Å². The van der Waals surface area contributed by atoms with Gasteiger partial charge in [-0.25, -0.2) is 5.10 Å². The first-order chi connectivity index (χ1) is 12.2. The van der Waals surface area contributed by atoms with Crippen molar-refractivity contribution in [2.75, 3.05) is 11.9 Å². The minimum atomic E-state index is -0.228. The number of carbonyl (C=O) groups excluding carboxylic acids is 1. The molecule has 1 heterocycles. The number of hydrogen-bond donors (Lipinski definition) is 3. The van der Waals surface area contributed by atoms with Crippen LogP contribution in [0.2, 0.25) is 0 Å². The van der Waals surface area contributed by atoms with Gasteiger partial charge in [-0.15, -0.1) is 12.4 Å². The Hall–Kier alpha value is -2.96. The predicted molar refractivity (Wildman–Crippen MR) is 106 cm³/mol. The largest absolute Gasteiger partial charge is 0.330 e. The van der Waals surface area contributed by atoms with E-state index in [1.54, 1.807) is 18.2 Å². The number of amides is 1. The molecule has 6 nitrogen and oxygen atoms in total. The molecule has 1 amide bonds. The standard InChI is InChI=1S/C19H18N4O2.ClH/c20-11-4-3-10-17(24)21-14-7-5-6-13(12-14)18-15-8-1-2-9-16(15)19(25)23-22-18;/h1-3,5-10,12H,4,11,20H2,(H,21,24)(H,23,25);1H/b10-3+;. The van der Waals surface area contributed by atoms with E-state index in [2.05, 4.69) is 15.5 Å². The summed E-state index contributed by atoms with van der Waals surface area (Å²) >= 11 is 0. The highest BCUT2D eigenvalue weighted by Crippen LogP contribution is 2.26. The van der Waals surface area contributed by atoms with Crippen LogP contribution in [-0.2, 0) is 4.79 Å². The number of H-pyrrole nitrogens is 1. The first-order valence-corrected chi connectivity index (χ1v) is 7.94. The Morgan fingerprint density at radius 1 is 1.15 bits per heavy atom. The van der Waals surface area contributed by atoms with Crippen molar-refractivity contribution in [1.82, 2.24) is 10.2 Å². The molecule has 2 aromatic carbocycles. The number of nitrogens with zero attached hydrogens (tertiary/aromatic N) is 1. The molecule has 0 fully saturated rings. The maximum absolute atomic E-state index is 11.9. The molecule has 0 saturated heterocycles. The fraction of sp³-hybridized carbons (Fsp3) is 0.105. The van der Waals surface area contributed by atoms with Gasteiger partial charge in [-0.3, -0.25) is 9.59 Å². The molecule has 0 aliphatic heterocycles. The lowest BCUT2D eigenvalue weighted by molar-refractivity contribution is -0.111. The first-order valence-electron chi connectivity index (χ1n) is 7.94. The van der Waals surface area contributed by atoms with E-state index >= 15 is 0 Å². The number of rotatable bonds is 5. The number of carbonyl (C=O) groups is 1. The highest BCUT2D eigenvalue weighted by atomic mass is 35.5. The average molecular weight is 371 g/mol. The van der Waals surface area contributed by atoms with E-state index in [9.17, 15) is 9.59 Å². The van der Waals surface area contributed by atoms with Crippen LogP contribution in [0.4, 0.5) is 5.69 Å². The molecule has 26 heavy (non-hydrogen) atoms. The van der Waals surface area contributed by atoms with Crippen LogP contribution in [0, 0.1) is 0 Å². The molecule has 4 N–H and O–H groups in total. The second-order valence-corrected chi connectivity index (χ2v) is 5.50. The Morgan fingerprint density at radius 3 is 2.69 bits per heavy atom. The molecule has 0 aliphatic carbocycles. The van der Waals surface area contributed by atoms with Gasteiger partial charge >= 0.3 is 0 Å². The number of halogens is 1. The molecule has 0 bridgehead atoms. The summed E-state index contributed by atoms with van der Waals surface area (Å²) in [5.41, 5.74) is 7.27. The van der Waals surface area contributed by atoms with Gasteiger partial charge in [0.05, 0.1) is 11.1 Å². The monoisotopic (exact) mass is 370 g/mol. The minimum Gasteiger partial charge on any atom is -0.330 e. The van der Waals surface area contributed by atoms with Crippen LogP contribution < -0.4 is 16.6 Å². The summed E-state index contributed by atoms with van der Waals surface area (Å²) in [6.45, 7) is 0.504. The van der Waals surface area contributed by atoms with Crippen LogP contribution in [0.5, 0.6) is 0 Å². The molecule has 7 heteroatoms. The van der Waals surface area contributed by atoms with E-state index in [0.717, 1.165) is 10.9 Å². The van der Waals surface area contributed by atoms with E-state index in [1.165, 1.54) is 6.08 Å². The number of aromatic nitrogens is 2. The van der Waals surface area contributed by atoms with Crippen molar-refractivity contribution in [1.29, 1.82) is 0 Å². The Bertz CT molecular complexity index is 998. The third kappa shape index (κ3) is 4.36. The van der Waals surface area contributed by atoms with E-state index in [0.29, 0.717) is 29.7 Å². The third-order valence-electron chi connectivity index (χ3n) is 3.70. The van der Waals surface area contributed by atoms with Gasteiger partial charge in [-0.1, -0.05) is 36.4 Å². The summed E-state index contributed by atoms with van der Waals surface area (Å²) in [6.07, 6.45) is 3.85. The van der Waals surface area contributed by atoms with Gasteiger partial charge in [0.1, 0.15) is 0 Å². The fourth-order valence-electron chi connectivity index (χ4n) is 2.55. The zero-order valence-electron chi connectivity index (χ0n) is 13.9. The molecule has 0 atom stereocenters. The highest BCUT2D eigenvalue weighted by molar-refractivity contribution is 6.00. The Kier molecular flexibility index (Phi) is 6.66. The Morgan fingerprint density at radius 2 is 1.92 bits per heavy atom. The number of benzene rings is 2. The molecule has 134 valence electrons. The minimum absolute atomic E-state index is 0. The summed E-state index contributed by atoms with van der Waals surface area (Å²) in [7, 11) is 0. The number of aromatic amines is 1.